The molecule has 0 aliphatic carbocycles. The Kier molecular flexibility index (Phi) is 3.98. The molecular formula is C18H14N2O3. The summed E-state index contributed by atoms with van der Waals surface area (Å²) in [5.41, 5.74) is 2.50. The molecule has 5 nitrogen and oxygen atoms in total. The summed E-state index contributed by atoms with van der Waals surface area (Å²) in [7, 11) is 3.14. The molecule has 114 valence electrons. The first kappa shape index (κ1) is 14.7. The van der Waals surface area contributed by atoms with Crippen molar-refractivity contribution in [2.24, 2.45) is 0 Å². The van der Waals surface area contributed by atoms with Gasteiger partial charge in [0.05, 0.1) is 14.2 Å². The second-order valence-corrected chi connectivity index (χ2v) is 4.77. The highest BCUT2D eigenvalue weighted by Crippen LogP contribution is 2.29. The Labute approximate surface area is 133 Å². The van der Waals surface area contributed by atoms with E-state index in [0.717, 1.165) is 11.1 Å². The standard InChI is InChI=1S/C18H14N2O3/c1-21-16-8-7-12(10-17(16)22-2)9-13(11-19)18-20-14-5-3-4-6-15(14)23-18/h3-10H,1-2H3. The van der Waals surface area contributed by atoms with Crippen molar-refractivity contribution in [2.75, 3.05) is 14.2 Å². The number of para-hydroxylation sites is 2. The number of hydrogen-bond donors (Lipinski definition) is 0. The molecule has 3 aromatic rings. The predicted molar refractivity (Wildman–Crippen MR) is 87.0 cm³/mol. The Morgan fingerprint density at radius 1 is 1.13 bits per heavy atom. The summed E-state index contributed by atoms with van der Waals surface area (Å²) < 4.78 is 16.1. The van der Waals surface area contributed by atoms with Gasteiger partial charge in [-0.25, -0.2) is 4.98 Å². The lowest BCUT2D eigenvalue weighted by atomic mass is 10.1. The van der Waals surface area contributed by atoms with Gasteiger partial charge in [0.2, 0.25) is 5.89 Å². The summed E-state index contributed by atoms with van der Waals surface area (Å²) in [6.45, 7) is 0. The van der Waals surface area contributed by atoms with Crippen molar-refractivity contribution in [2.45, 2.75) is 0 Å². The van der Waals surface area contributed by atoms with Crippen molar-refractivity contribution in [1.29, 1.82) is 5.26 Å². The van der Waals surface area contributed by atoms with E-state index in [1.54, 1.807) is 32.4 Å². The number of methoxy groups -OCH3 is 2. The second-order valence-electron chi connectivity index (χ2n) is 4.77. The summed E-state index contributed by atoms with van der Waals surface area (Å²) in [6, 6.07) is 14.9. The number of rotatable bonds is 4. The van der Waals surface area contributed by atoms with Crippen LogP contribution in [0.4, 0.5) is 0 Å². The molecule has 5 heteroatoms. The van der Waals surface area contributed by atoms with E-state index in [1.165, 1.54) is 0 Å². The molecule has 0 saturated carbocycles. The first-order valence-corrected chi connectivity index (χ1v) is 6.95. The van der Waals surface area contributed by atoms with Crippen LogP contribution in [-0.4, -0.2) is 19.2 Å². The number of ether oxygens (including phenoxy) is 2. The van der Waals surface area contributed by atoms with Crippen LogP contribution >= 0.6 is 0 Å². The zero-order valence-corrected chi connectivity index (χ0v) is 12.7. The molecule has 1 heterocycles. The first-order chi connectivity index (χ1) is 11.2. The van der Waals surface area contributed by atoms with E-state index < -0.39 is 0 Å². The van der Waals surface area contributed by atoms with Gasteiger partial charge in [0.1, 0.15) is 17.2 Å². The second kappa shape index (κ2) is 6.24. The van der Waals surface area contributed by atoms with Gasteiger partial charge in [0.25, 0.3) is 0 Å². The largest absolute Gasteiger partial charge is 0.493 e. The molecule has 0 unspecified atom stereocenters. The molecule has 0 bridgehead atoms. The third-order valence-corrected chi connectivity index (χ3v) is 3.36. The van der Waals surface area contributed by atoms with Crippen molar-refractivity contribution in [1.82, 2.24) is 4.98 Å². The molecule has 0 amide bonds. The minimum atomic E-state index is 0.295. The molecule has 1 aromatic heterocycles. The van der Waals surface area contributed by atoms with Gasteiger partial charge in [0, 0.05) is 0 Å². The molecule has 0 saturated heterocycles. The van der Waals surface area contributed by atoms with Gasteiger partial charge in [-0.3, -0.25) is 0 Å². The van der Waals surface area contributed by atoms with Gasteiger partial charge < -0.3 is 13.9 Å². The van der Waals surface area contributed by atoms with Crippen LogP contribution in [0.25, 0.3) is 22.7 Å². The summed E-state index contributed by atoms with van der Waals surface area (Å²) in [6.07, 6.45) is 1.70. The first-order valence-electron chi connectivity index (χ1n) is 6.95. The zero-order valence-electron chi connectivity index (χ0n) is 12.7. The molecule has 0 aliphatic rings. The Morgan fingerprint density at radius 3 is 2.61 bits per heavy atom. The summed E-state index contributed by atoms with van der Waals surface area (Å²) in [4.78, 5) is 4.34. The fourth-order valence-corrected chi connectivity index (χ4v) is 2.24. The molecule has 3 rings (SSSR count). The molecule has 0 spiro atoms. The lowest BCUT2D eigenvalue weighted by molar-refractivity contribution is 0.355. The Morgan fingerprint density at radius 2 is 1.91 bits per heavy atom. The Balaban J connectivity index is 2.03. The summed E-state index contributed by atoms with van der Waals surface area (Å²) >= 11 is 0. The molecule has 2 aromatic carbocycles. The maximum absolute atomic E-state index is 9.42. The fraction of sp³-hybridized carbons (Fsp3) is 0.111. The zero-order chi connectivity index (χ0) is 16.2. The van der Waals surface area contributed by atoms with Gasteiger partial charge >= 0.3 is 0 Å². The number of nitrogens with zero attached hydrogens (tertiary/aromatic N) is 2. The Bertz CT molecular complexity index is 886. The number of benzene rings is 2. The topological polar surface area (TPSA) is 68.3 Å². The van der Waals surface area contributed by atoms with Crippen LogP contribution in [0, 0.1) is 11.3 Å². The predicted octanol–water partition coefficient (Wildman–Crippen LogP) is 3.91. The molecule has 0 N–H and O–H groups in total. The minimum Gasteiger partial charge on any atom is -0.493 e. The van der Waals surface area contributed by atoms with Gasteiger partial charge in [-0.2, -0.15) is 5.26 Å². The molecule has 0 fully saturated rings. The quantitative estimate of drug-likeness (QED) is 0.684. The van der Waals surface area contributed by atoms with Crippen molar-refractivity contribution < 1.29 is 13.9 Å². The molecule has 0 aliphatic heterocycles. The van der Waals surface area contributed by atoms with Crippen molar-refractivity contribution in [3.8, 4) is 17.6 Å². The van der Waals surface area contributed by atoms with Crippen LogP contribution in [-0.2, 0) is 0 Å². The maximum atomic E-state index is 9.42. The van der Waals surface area contributed by atoms with Crippen LogP contribution in [0.5, 0.6) is 11.5 Å². The number of hydrogen-bond acceptors (Lipinski definition) is 5. The van der Waals surface area contributed by atoms with E-state index in [0.29, 0.717) is 28.5 Å². The van der Waals surface area contributed by atoms with Crippen molar-refractivity contribution >= 4 is 22.7 Å². The molecular weight excluding hydrogens is 292 g/mol. The lowest BCUT2D eigenvalue weighted by Crippen LogP contribution is -1.91. The average molecular weight is 306 g/mol. The van der Waals surface area contributed by atoms with Crippen molar-refractivity contribution in [3.63, 3.8) is 0 Å². The lowest BCUT2D eigenvalue weighted by Gasteiger charge is -2.07. The molecule has 0 atom stereocenters. The van der Waals surface area contributed by atoms with Crippen LogP contribution in [0.3, 0.4) is 0 Å². The molecule has 0 radical (unpaired) electrons. The van der Waals surface area contributed by atoms with E-state index in [-0.39, 0.29) is 0 Å². The number of oxazole rings is 1. The SMILES string of the molecule is COc1ccc(C=C(C#N)c2nc3ccccc3o2)cc1OC. The fourth-order valence-electron chi connectivity index (χ4n) is 2.24. The van der Waals surface area contributed by atoms with Crippen LogP contribution in [0.2, 0.25) is 0 Å². The van der Waals surface area contributed by atoms with Gasteiger partial charge in [-0.15, -0.1) is 0 Å². The number of nitriles is 1. The van der Waals surface area contributed by atoms with E-state index in [4.69, 9.17) is 13.9 Å². The van der Waals surface area contributed by atoms with E-state index in [2.05, 4.69) is 11.1 Å². The van der Waals surface area contributed by atoms with Gasteiger partial charge in [-0.1, -0.05) is 18.2 Å². The van der Waals surface area contributed by atoms with E-state index in [9.17, 15) is 5.26 Å². The average Bonchev–Trinajstić information content (AvgIpc) is 3.03. The number of allylic oxidation sites excluding steroid dienone is 1. The Hall–Kier alpha value is -3.26. The van der Waals surface area contributed by atoms with Crippen LogP contribution in [0.15, 0.2) is 46.9 Å². The third kappa shape index (κ3) is 2.87. The molecule has 23 heavy (non-hydrogen) atoms. The summed E-state index contributed by atoms with van der Waals surface area (Å²) in [5, 5.41) is 9.42. The van der Waals surface area contributed by atoms with Gasteiger partial charge in [0.15, 0.2) is 17.1 Å². The van der Waals surface area contributed by atoms with E-state index in [1.807, 2.05) is 30.3 Å². The van der Waals surface area contributed by atoms with Crippen LogP contribution < -0.4 is 9.47 Å². The smallest absolute Gasteiger partial charge is 0.238 e. The minimum absolute atomic E-state index is 0.295. The van der Waals surface area contributed by atoms with Crippen LogP contribution in [0.1, 0.15) is 11.5 Å². The van der Waals surface area contributed by atoms with Crippen molar-refractivity contribution in [3.05, 3.63) is 53.9 Å². The highest BCUT2D eigenvalue weighted by atomic mass is 16.5. The normalized spacial score (nSPS) is 11.3. The van der Waals surface area contributed by atoms with Gasteiger partial charge in [-0.05, 0) is 35.9 Å². The number of fused-ring (bicyclic) bond motifs is 1. The highest BCUT2D eigenvalue weighted by Gasteiger charge is 2.11. The third-order valence-electron chi connectivity index (χ3n) is 3.36. The van der Waals surface area contributed by atoms with E-state index >= 15 is 0 Å². The monoisotopic (exact) mass is 306 g/mol. The maximum Gasteiger partial charge on any atom is 0.238 e. The summed E-state index contributed by atoms with van der Waals surface area (Å²) in [5.74, 6) is 1.52. The highest BCUT2D eigenvalue weighted by molar-refractivity contribution is 5.89. The number of aromatic nitrogens is 1.